The third-order valence-electron chi connectivity index (χ3n) is 3.31. The van der Waals surface area contributed by atoms with Gasteiger partial charge in [-0.1, -0.05) is 17.7 Å². The summed E-state index contributed by atoms with van der Waals surface area (Å²) in [6, 6.07) is 5.63. The number of carbonyl (C=O) groups is 1. The fraction of sp³-hybridized carbons (Fsp3) is 0.308. The minimum Gasteiger partial charge on any atom is -0.360 e. The molecule has 3 nitrogen and oxygen atoms in total. The Bertz CT molecular complexity index is 570. The number of halogens is 1. The van der Waals surface area contributed by atoms with Gasteiger partial charge in [0.25, 0.3) is 0 Å². The first-order valence-corrected chi connectivity index (χ1v) is 6.18. The smallest absolute Gasteiger partial charge is 0.181 e. The molecule has 3 rings (SSSR count). The molecule has 2 aromatic rings. The van der Waals surface area contributed by atoms with Crippen molar-refractivity contribution in [3.63, 3.8) is 0 Å². The molecule has 1 unspecified atom stereocenters. The van der Waals surface area contributed by atoms with Crippen molar-refractivity contribution < 1.29 is 4.79 Å². The zero-order valence-electron chi connectivity index (χ0n) is 9.29. The van der Waals surface area contributed by atoms with Crippen LogP contribution >= 0.6 is 11.6 Å². The van der Waals surface area contributed by atoms with Gasteiger partial charge >= 0.3 is 0 Å². The van der Waals surface area contributed by atoms with Gasteiger partial charge in [-0.2, -0.15) is 0 Å². The summed E-state index contributed by atoms with van der Waals surface area (Å²) < 4.78 is 0. The number of H-pyrrole nitrogens is 1. The molecular weight excluding hydrogens is 236 g/mol. The quantitative estimate of drug-likeness (QED) is 0.803. The lowest BCUT2D eigenvalue weighted by Gasteiger charge is -2.10. The Balaban J connectivity index is 2.04. The van der Waals surface area contributed by atoms with Crippen molar-refractivity contribution >= 4 is 28.3 Å². The van der Waals surface area contributed by atoms with E-state index in [1.54, 1.807) is 0 Å². The first-order chi connectivity index (χ1) is 8.27. The van der Waals surface area contributed by atoms with Crippen molar-refractivity contribution in [3.8, 4) is 0 Å². The molecule has 4 heteroatoms. The highest BCUT2D eigenvalue weighted by Gasteiger charge is 2.25. The lowest BCUT2D eigenvalue weighted by molar-refractivity contribution is 0.0952. The summed E-state index contributed by atoms with van der Waals surface area (Å²) in [5, 5.41) is 4.77. The van der Waals surface area contributed by atoms with E-state index in [1.165, 1.54) is 0 Å². The minimum absolute atomic E-state index is 0.0695. The van der Waals surface area contributed by atoms with Crippen LogP contribution in [0, 0.1) is 0 Å². The standard InChI is InChI=1S/C13H13ClN2O/c14-11-9(13(17)10-2-1-6-15-10)4-3-8-5-7-16-12(8)11/h3-5,7,10,15-16H,1-2,6H2. The fourth-order valence-corrected chi connectivity index (χ4v) is 2.70. The number of fused-ring (bicyclic) bond motifs is 1. The monoisotopic (exact) mass is 248 g/mol. The molecule has 0 amide bonds. The van der Waals surface area contributed by atoms with Gasteiger partial charge in [-0.15, -0.1) is 0 Å². The molecule has 0 radical (unpaired) electrons. The lowest BCUT2D eigenvalue weighted by Crippen LogP contribution is -2.30. The van der Waals surface area contributed by atoms with Crippen LogP contribution in [0.3, 0.4) is 0 Å². The Hall–Kier alpha value is -1.32. The zero-order chi connectivity index (χ0) is 11.8. The summed E-state index contributed by atoms with van der Waals surface area (Å²) in [6.07, 6.45) is 3.79. The van der Waals surface area contributed by atoms with Gasteiger partial charge in [0, 0.05) is 17.1 Å². The predicted molar refractivity (Wildman–Crippen MR) is 68.7 cm³/mol. The van der Waals surface area contributed by atoms with E-state index in [2.05, 4.69) is 10.3 Å². The van der Waals surface area contributed by atoms with Gasteiger partial charge in [0.05, 0.1) is 16.6 Å². The molecule has 88 valence electrons. The molecule has 1 aromatic carbocycles. The number of aromatic nitrogens is 1. The molecule has 1 aromatic heterocycles. The van der Waals surface area contributed by atoms with Gasteiger partial charge in [0.2, 0.25) is 0 Å². The number of hydrogen-bond donors (Lipinski definition) is 2. The van der Waals surface area contributed by atoms with Crippen molar-refractivity contribution in [1.82, 2.24) is 10.3 Å². The highest BCUT2D eigenvalue weighted by atomic mass is 35.5. The Labute approximate surface area is 104 Å². The molecule has 0 aliphatic carbocycles. The zero-order valence-corrected chi connectivity index (χ0v) is 10.1. The Morgan fingerprint density at radius 2 is 2.24 bits per heavy atom. The second kappa shape index (κ2) is 4.17. The summed E-state index contributed by atoms with van der Waals surface area (Å²) in [5.41, 5.74) is 1.46. The van der Waals surface area contributed by atoms with Crippen LogP contribution in [0.25, 0.3) is 10.9 Å². The van der Waals surface area contributed by atoms with E-state index in [-0.39, 0.29) is 11.8 Å². The van der Waals surface area contributed by atoms with Crippen molar-refractivity contribution in [2.24, 2.45) is 0 Å². The molecule has 1 aliphatic heterocycles. The maximum Gasteiger partial charge on any atom is 0.181 e. The average Bonchev–Trinajstić information content (AvgIpc) is 3.00. The Morgan fingerprint density at radius 3 is 3.00 bits per heavy atom. The first-order valence-electron chi connectivity index (χ1n) is 5.80. The summed E-state index contributed by atoms with van der Waals surface area (Å²) in [5.74, 6) is 0.101. The molecular formula is C13H13ClN2O. The van der Waals surface area contributed by atoms with Gasteiger partial charge in [0.15, 0.2) is 5.78 Å². The maximum absolute atomic E-state index is 12.3. The number of carbonyl (C=O) groups excluding carboxylic acids is 1. The number of benzene rings is 1. The minimum atomic E-state index is -0.0695. The molecule has 0 bridgehead atoms. The molecule has 1 saturated heterocycles. The van der Waals surface area contributed by atoms with Crippen LogP contribution in [0.5, 0.6) is 0 Å². The van der Waals surface area contributed by atoms with Crippen LogP contribution in [0.1, 0.15) is 23.2 Å². The molecule has 1 aliphatic rings. The lowest BCUT2D eigenvalue weighted by atomic mass is 10.0. The molecule has 1 fully saturated rings. The van der Waals surface area contributed by atoms with E-state index in [1.807, 2.05) is 24.4 Å². The van der Waals surface area contributed by atoms with Gasteiger partial charge in [0.1, 0.15) is 0 Å². The van der Waals surface area contributed by atoms with Crippen LogP contribution < -0.4 is 5.32 Å². The summed E-state index contributed by atoms with van der Waals surface area (Å²) in [7, 11) is 0. The van der Waals surface area contributed by atoms with Crippen molar-refractivity contribution in [2.75, 3.05) is 6.54 Å². The average molecular weight is 249 g/mol. The second-order valence-corrected chi connectivity index (χ2v) is 4.76. The Morgan fingerprint density at radius 1 is 1.35 bits per heavy atom. The SMILES string of the molecule is O=C(c1ccc2cc[nH]c2c1Cl)C1CCCN1. The normalized spacial score (nSPS) is 19.9. The summed E-state index contributed by atoms with van der Waals surface area (Å²) in [4.78, 5) is 15.3. The number of rotatable bonds is 2. The molecule has 0 spiro atoms. The predicted octanol–water partition coefficient (Wildman–Crippen LogP) is 2.76. The molecule has 2 N–H and O–H groups in total. The molecule has 17 heavy (non-hydrogen) atoms. The van der Waals surface area contributed by atoms with E-state index in [9.17, 15) is 4.79 Å². The van der Waals surface area contributed by atoms with Crippen LogP contribution in [-0.2, 0) is 0 Å². The number of hydrogen-bond acceptors (Lipinski definition) is 2. The van der Waals surface area contributed by atoms with E-state index < -0.39 is 0 Å². The number of ketones is 1. The van der Waals surface area contributed by atoms with Gasteiger partial charge in [-0.3, -0.25) is 4.79 Å². The van der Waals surface area contributed by atoms with Crippen LogP contribution in [0.4, 0.5) is 0 Å². The van der Waals surface area contributed by atoms with E-state index in [0.717, 1.165) is 30.3 Å². The van der Waals surface area contributed by atoms with Gasteiger partial charge < -0.3 is 10.3 Å². The van der Waals surface area contributed by atoms with E-state index in [4.69, 9.17) is 11.6 Å². The van der Waals surface area contributed by atoms with E-state index in [0.29, 0.717) is 10.6 Å². The highest BCUT2D eigenvalue weighted by molar-refractivity contribution is 6.38. The van der Waals surface area contributed by atoms with Crippen LogP contribution in [0.2, 0.25) is 5.02 Å². The number of Topliss-reactive ketones (excluding diaryl/α,β-unsaturated/α-hetero) is 1. The number of aromatic amines is 1. The first kappa shape index (κ1) is 10.8. The van der Waals surface area contributed by atoms with Gasteiger partial charge in [-0.05, 0) is 31.5 Å². The van der Waals surface area contributed by atoms with Crippen molar-refractivity contribution in [2.45, 2.75) is 18.9 Å². The highest BCUT2D eigenvalue weighted by Crippen LogP contribution is 2.28. The third kappa shape index (κ3) is 1.75. The molecule has 2 heterocycles. The maximum atomic E-state index is 12.3. The summed E-state index contributed by atoms with van der Waals surface area (Å²) >= 11 is 6.28. The molecule has 1 atom stereocenters. The third-order valence-corrected chi connectivity index (χ3v) is 3.70. The topological polar surface area (TPSA) is 44.9 Å². The Kier molecular flexibility index (Phi) is 2.65. The summed E-state index contributed by atoms with van der Waals surface area (Å²) in [6.45, 7) is 0.915. The number of nitrogens with one attached hydrogen (secondary N) is 2. The fourth-order valence-electron chi connectivity index (χ4n) is 2.38. The van der Waals surface area contributed by atoms with Crippen molar-refractivity contribution in [1.29, 1.82) is 0 Å². The van der Waals surface area contributed by atoms with Crippen LogP contribution in [0.15, 0.2) is 24.4 Å². The van der Waals surface area contributed by atoms with E-state index >= 15 is 0 Å². The largest absolute Gasteiger partial charge is 0.360 e. The second-order valence-electron chi connectivity index (χ2n) is 4.38. The molecule has 0 saturated carbocycles. The van der Waals surface area contributed by atoms with Crippen LogP contribution in [-0.4, -0.2) is 23.4 Å². The van der Waals surface area contributed by atoms with Crippen molar-refractivity contribution in [3.05, 3.63) is 35.0 Å². The van der Waals surface area contributed by atoms with Gasteiger partial charge in [-0.25, -0.2) is 0 Å².